The van der Waals surface area contributed by atoms with Gasteiger partial charge in [-0.1, -0.05) is 29.8 Å². The highest BCUT2D eigenvalue weighted by Gasteiger charge is 2.21. The standard InChI is InChI=1S/C17H19ClN2/c1-20(2)15-7-6-12-8-9-19-17(16(12)11-15)13-4-3-5-14(18)10-13/h3-7,10-11,17,19H,8-9H2,1-2H3. The van der Waals surface area contributed by atoms with Crippen molar-refractivity contribution < 1.29 is 0 Å². The maximum Gasteiger partial charge on any atom is 0.0580 e. The van der Waals surface area contributed by atoms with E-state index >= 15 is 0 Å². The lowest BCUT2D eigenvalue weighted by Crippen LogP contribution is -2.30. The van der Waals surface area contributed by atoms with Gasteiger partial charge in [0.2, 0.25) is 0 Å². The summed E-state index contributed by atoms with van der Waals surface area (Å²) in [4.78, 5) is 2.14. The molecule has 2 aromatic carbocycles. The summed E-state index contributed by atoms with van der Waals surface area (Å²) in [6.45, 7) is 1.01. The zero-order valence-corrected chi connectivity index (χ0v) is 12.6. The summed E-state index contributed by atoms with van der Waals surface area (Å²) in [5, 5.41) is 4.40. The number of benzene rings is 2. The molecule has 0 saturated carbocycles. The van der Waals surface area contributed by atoms with Crippen LogP contribution < -0.4 is 10.2 Å². The molecule has 0 aliphatic carbocycles. The molecule has 1 atom stereocenters. The van der Waals surface area contributed by atoms with Crippen LogP contribution in [0.1, 0.15) is 22.7 Å². The first-order valence-electron chi connectivity index (χ1n) is 6.94. The van der Waals surface area contributed by atoms with Crippen LogP contribution in [-0.4, -0.2) is 20.6 Å². The molecule has 0 aromatic heterocycles. The number of anilines is 1. The van der Waals surface area contributed by atoms with Crippen LogP contribution in [0.4, 0.5) is 5.69 Å². The van der Waals surface area contributed by atoms with Crippen LogP contribution in [0.3, 0.4) is 0 Å². The van der Waals surface area contributed by atoms with Crippen molar-refractivity contribution in [3.05, 3.63) is 64.2 Å². The topological polar surface area (TPSA) is 15.3 Å². The summed E-state index contributed by atoms with van der Waals surface area (Å²) in [5.74, 6) is 0. The van der Waals surface area contributed by atoms with Gasteiger partial charge in [0, 0.05) is 31.4 Å². The Bertz CT molecular complexity index is 622. The first kappa shape index (κ1) is 13.5. The van der Waals surface area contributed by atoms with E-state index in [2.05, 4.69) is 54.6 Å². The highest BCUT2D eigenvalue weighted by molar-refractivity contribution is 6.30. The highest BCUT2D eigenvalue weighted by atomic mass is 35.5. The highest BCUT2D eigenvalue weighted by Crippen LogP contribution is 2.32. The number of rotatable bonds is 2. The molecule has 0 fully saturated rings. The zero-order chi connectivity index (χ0) is 14.1. The van der Waals surface area contributed by atoms with Crippen molar-refractivity contribution in [2.45, 2.75) is 12.5 Å². The van der Waals surface area contributed by atoms with E-state index in [4.69, 9.17) is 11.6 Å². The van der Waals surface area contributed by atoms with Crippen LogP contribution in [0.25, 0.3) is 0 Å². The van der Waals surface area contributed by atoms with Gasteiger partial charge in [-0.2, -0.15) is 0 Å². The zero-order valence-electron chi connectivity index (χ0n) is 11.9. The Kier molecular flexibility index (Phi) is 3.68. The molecule has 104 valence electrons. The number of nitrogens with zero attached hydrogens (tertiary/aromatic N) is 1. The first-order valence-corrected chi connectivity index (χ1v) is 7.32. The second-order valence-corrected chi connectivity index (χ2v) is 5.91. The average molecular weight is 287 g/mol. The monoisotopic (exact) mass is 286 g/mol. The second kappa shape index (κ2) is 5.47. The van der Waals surface area contributed by atoms with Gasteiger partial charge in [-0.05, 0) is 47.4 Å². The minimum atomic E-state index is 0.234. The Morgan fingerprint density at radius 2 is 2.00 bits per heavy atom. The van der Waals surface area contributed by atoms with Crippen LogP contribution in [0.2, 0.25) is 5.02 Å². The van der Waals surface area contributed by atoms with Crippen molar-refractivity contribution in [2.24, 2.45) is 0 Å². The molecule has 2 nitrogen and oxygen atoms in total. The Labute approximate surface area is 125 Å². The van der Waals surface area contributed by atoms with E-state index in [1.165, 1.54) is 22.4 Å². The molecule has 1 heterocycles. The molecule has 0 spiro atoms. The van der Waals surface area contributed by atoms with Gasteiger partial charge in [0.25, 0.3) is 0 Å². The predicted molar refractivity (Wildman–Crippen MR) is 85.8 cm³/mol. The smallest absolute Gasteiger partial charge is 0.0580 e. The van der Waals surface area contributed by atoms with Crippen molar-refractivity contribution in [2.75, 3.05) is 25.5 Å². The summed E-state index contributed by atoms with van der Waals surface area (Å²) >= 11 is 6.14. The lowest BCUT2D eigenvalue weighted by Gasteiger charge is -2.29. The maximum atomic E-state index is 6.14. The van der Waals surface area contributed by atoms with Gasteiger partial charge in [-0.25, -0.2) is 0 Å². The lowest BCUT2D eigenvalue weighted by molar-refractivity contribution is 0.568. The fourth-order valence-electron chi connectivity index (χ4n) is 2.80. The van der Waals surface area contributed by atoms with E-state index in [0.717, 1.165) is 18.0 Å². The average Bonchev–Trinajstić information content (AvgIpc) is 2.46. The fraction of sp³-hybridized carbons (Fsp3) is 0.294. The van der Waals surface area contributed by atoms with E-state index in [9.17, 15) is 0 Å². The molecule has 3 heteroatoms. The SMILES string of the molecule is CN(C)c1ccc2c(c1)C(c1cccc(Cl)c1)NCC2. The third kappa shape index (κ3) is 2.54. The van der Waals surface area contributed by atoms with Crippen LogP contribution >= 0.6 is 11.6 Å². The van der Waals surface area contributed by atoms with Crippen LogP contribution in [0, 0.1) is 0 Å². The molecule has 1 aliphatic heterocycles. The number of hydrogen-bond donors (Lipinski definition) is 1. The lowest BCUT2D eigenvalue weighted by atomic mass is 9.89. The van der Waals surface area contributed by atoms with Gasteiger partial charge in [-0.3, -0.25) is 0 Å². The van der Waals surface area contributed by atoms with Crippen molar-refractivity contribution >= 4 is 17.3 Å². The van der Waals surface area contributed by atoms with Gasteiger partial charge in [0.1, 0.15) is 0 Å². The van der Waals surface area contributed by atoms with Gasteiger partial charge < -0.3 is 10.2 Å². The Hall–Kier alpha value is -1.51. The Balaban J connectivity index is 2.06. The number of fused-ring (bicyclic) bond motifs is 1. The molecule has 1 unspecified atom stereocenters. The molecule has 1 aliphatic rings. The molecule has 1 N–H and O–H groups in total. The van der Waals surface area contributed by atoms with Gasteiger partial charge in [0.15, 0.2) is 0 Å². The number of hydrogen-bond acceptors (Lipinski definition) is 2. The third-order valence-electron chi connectivity index (χ3n) is 3.88. The maximum absolute atomic E-state index is 6.14. The minimum Gasteiger partial charge on any atom is -0.378 e. The predicted octanol–water partition coefficient (Wildman–Crippen LogP) is 3.64. The second-order valence-electron chi connectivity index (χ2n) is 5.47. The molecule has 0 amide bonds. The van der Waals surface area contributed by atoms with Gasteiger partial charge >= 0.3 is 0 Å². The largest absolute Gasteiger partial charge is 0.378 e. The van der Waals surface area contributed by atoms with E-state index in [0.29, 0.717) is 0 Å². The summed E-state index contributed by atoms with van der Waals surface area (Å²) in [6.07, 6.45) is 1.08. The van der Waals surface area contributed by atoms with Crippen molar-refractivity contribution in [3.63, 3.8) is 0 Å². The summed E-state index contributed by atoms with van der Waals surface area (Å²) in [6, 6.07) is 15.1. The summed E-state index contributed by atoms with van der Waals surface area (Å²) < 4.78 is 0. The van der Waals surface area contributed by atoms with Crippen LogP contribution in [0.15, 0.2) is 42.5 Å². The molecule has 20 heavy (non-hydrogen) atoms. The quantitative estimate of drug-likeness (QED) is 0.907. The molecule has 2 aromatic rings. The molecule has 0 bridgehead atoms. The molecule has 3 rings (SSSR count). The van der Waals surface area contributed by atoms with Crippen LogP contribution in [-0.2, 0) is 6.42 Å². The Morgan fingerprint density at radius 3 is 2.75 bits per heavy atom. The van der Waals surface area contributed by atoms with Crippen molar-refractivity contribution in [1.29, 1.82) is 0 Å². The Morgan fingerprint density at radius 1 is 1.15 bits per heavy atom. The fourth-order valence-corrected chi connectivity index (χ4v) is 3.00. The van der Waals surface area contributed by atoms with Gasteiger partial charge in [-0.15, -0.1) is 0 Å². The minimum absolute atomic E-state index is 0.234. The summed E-state index contributed by atoms with van der Waals surface area (Å²) in [7, 11) is 4.15. The number of nitrogens with one attached hydrogen (secondary N) is 1. The van der Waals surface area contributed by atoms with Crippen molar-refractivity contribution in [3.8, 4) is 0 Å². The number of halogens is 1. The van der Waals surface area contributed by atoms with Crippen LogP contribution in [0.5, 0.6) is 0 Å². The van der Waals surface area contributed by atoms with E-state index < -0.39 is 0 Å². The first-order chi connectivity index (χ1) is 9.65. The molecular formula is C17H19ClN2. The molecule has 0 saturated heterocycles. The van der Waals surface area contributed by atoms with Gasteiger partial charge in [0.05, 0.1) is 6.04 Å². The van der Waals surface area contributed by atoms with Crippen molar-refractivity contribution in [1.82, 2.24) is 5.32 Å². The molecule has 0 radical (unpaired) electrons. The van der Waals surface area contributed by atoms with E-state index in [-0.39, 0.29) is 6.04 Å². The normalized spacial score (nSPS) is 17.6. The van der Waals surface area contributed by atoms with E-state index in [1.54, 1.807) is 0 Å². The third-order valence-corrected chi connectivity index (χ3v) is 4.12. The summed E-state index contributed by atoms with van der Waals surface area (Å²) in [5.41, 5.74) is 5.26. The van der Waals surface area contributed by atoms with E-state index in [1.807, 2.05) is 12.1 Å². The molecular weight excluding hydrogens is 268 g/mol.